The van der Waals surface area contributed by atoms with Gasteiger partial charge in [0.1, 0.15) is 0 Å². The minimum atomic E-state index is -0.140. The molecule has 0 aliphatic heterocycles. The van der Waals surface area contributed by atoms with Crippen molar-refractivity contribution in [2.45, 2.75) is 27.2 Å². The van der Waals surface area contributed by atoms with Crippen LogP contribution >= 0.6 is 11.3 Å². The summed E-state index contributed by atoms with van der Waals surface area (Å²) in [6.07, 6.45) is 0.477. The summed E-state index contributed by atoms with van der Waals surface area (Å²) in [4.78, 5) is 24.6. The first-order valence-corrected chi connectivity index (χ1v) is 8.09. The van der Waals surface area contributed by atoms with Gasteiger partial charge in [0.05, 0.1) is 4.88 Å². The molecule has 22 heavy (non-hydrogen) atoms. The molecule has 5 heteroatoms. The second kappa shape index (κ2) is 7.22. The Labute approximate surface area is 134 Å². The van der Waals surface area contributed by atoms with Gasteiger partial charge in [-0.2, -0.15) is 0 Å². The molecule has 0 aliphatic carbocycles. The number of benzene rings is 1. The van der Waals surface area contributed by atoms with E-state index in [9.17, 15) is 9.59 Å². The van der Waals surface area contributed by atoms with E-state index in [1.165, 1.54) is 11.3 Å². The molecular formula is C17H20N2O2S. The maximum atomic E-state index is 12.1. The average molecular weight is 316 g/mol. The van der Waals surface area contributed by atoms with E-state index in [-0.39, 0.29) is 11.8 Å². The van der Waals surface area contributed by atoms with Gasteiger partial charge in [0.15, 0.2) is 0 Å². The summed E-state index contributed by atoms with van der Waals surface area (Å²) in [5.74, 6) is 0.153. The molecule has 0 radical (unpaired) electrons. The lowest BCUT2D eigenvalue weighted by Gasteiger charge is -2.12. The quantitative estimate of drug-likeness (QED) is 0.864. The molecule has 2 aromatic rings. The van der Waals surface area contributed by atoms with E-state index in [0.29, 0.717) is 22.9 Å². The van der Waals surface area contributed by atoms with Crippen molar-refractivity contribution in [2.75, 3.05) is 10.6 Å². The third kappa shape index (κ3) is 4.43. The number of carbonyl (C=O) groups is 2. The summed E-state index contributed by atoms with van der Waals surface area (Å²) >= 11 is 1.39. The zero-order valence-electron chi connectivity index (χ0n) is 13.0. The standard InChI is InChI=1S/C17H20N2O2S/c1-11(2)9-16(20)19-14-10-13(7-6-12(14)3)18-17(21)15-5-4-8-22-15/h4-8,10-11H,9H2,1-3H3,(H,18,21)(H,19,20). The number of rotatable bonds is 5. The largest absolute Gasteiger partial charge is 0.326 e. The SMILES string of the molecule is Cc1ccc(NC(=O)c2cccs2)cc1NC(=O)CC(C)C. The van der Waals surface area contributed by atoms with Gasteiger partial charge in [-0.15, -0.1) is 11.3 Å². The molecule has 1 aromatic heterocycles. The number of hydrogen-bond donors (Lipinski definition) is 2. The highest BCUT2D eigenvalue weighted by Crippen LogP contribution is 2.22. The van der Waals surface area contributed by atoms with Gasteiger partial charge in [-0.05, 0) is 42.0 Å². The average Bonchev–Trinajstić information content (AvgIpc) is 2.95. The van der Waals surface area contributed by atoms with Crippen LogP contribution in [0.1, 0.15) is 35.5 Å². The van der Waals surface area contributed by atoms with Gasteiger partial charge in [-0.3, -0.25) is 9.59 Å². The Morgan fingerprint density at radius 1 is 1.18 bits per heavy atom. The number of amides is 2. The van der Waals surface area contributed by atoms with E-state index in [2.05, 4.69) is 10.6 Å². The van der Waals surface area contributed by atoms with Gasteiger partial charge in [0.2, 0.25) is 5.91 Å². The first-order chi connectivity index (χ1) is 10.5. The molecule has 2 amide bonds. The van der Waals surface area contributed by atoms with Crippen LogP contribution in [-0.4, -0.2) is 11.8 Å². The number of hydrogen-bond acceptors (Lipinski definition) is 3. The number of aryl methyl sites for hydroxylation is 1. The van der Waals surface area contributed by atoms with Crippen molar-refractivity contribution in [1.82, 2.24) is 0 Å². The van der Waals surface area contributed by atoms with Crippen LogP contribution in [-0.2, 0) is 4.79 Å². The second-order valence-corrected chi connectivity index (χ2v) is 6.55. The highest BCUT2D eigenvalue weighted by atomic mass is 32.1. The van der Waals surface area contributed by atoms with Crippen molar-refractivity contribution in [3.63, 3.8) is 0 Å². The van der Waals surface area contributed by atoms with Crippen molar-refractivity contribution in [2.24, 2.45) is 5.92 Å². The fourth-order valence-corrected chi connectivity index (χ4v) is 2.63. The van der Waals surface area contributed by atoms with Crippen LogP contribution in [0.4, 0.5) is 11.4 Å². The van der Waals surface area contributed by atoms with E-state index in [4.69, 9.17) is 0 Å². The lowest BCUT2D eigenvalue weighted by atomic mass is 10.1. The fraction of sp³-hybridized carbons (Fsp3) is 0.294. The maximum Gasteiger partial charge on any atom is 0.265 e. The molecule has 0 aliphatic rings. The molecule has 0 spiro atoms. The van der Waals surface area contributed by atoms with Crippen LogP contribution in [0, 0.1) is 12.8 Å². The minimum absolute atomic E-state index is 0.0140. The third-order valence-corrected chi connectivity index (χ3v) is 3.98. The summed E-state index contributed by atoms with van der Waals surface area (Å²) in [7, 11) is 0. The van der Waals surface area contributed by atoms with Gasteiger partial charge in [0, 0.05) is 17.8 Å². The van der Waals surface area contributed by atoms with E-state index >= 15 is 0 Å². The first-order valence-electron chi connectivity index (χ1n) is 7.21. The van der Waals surface area contributed by atoms with Crippen LogP contribution in [0.15, 0.2) is 35.7 Å². The Balaban J connectivity index is 2.09. The predicted molar refractivity (Wildman–Crippen MR) is 91.5 cm³/mol. The zero-order chi connectivity index (χ0) is 16.1. The highest BCUT2D eigenvalue weighted by molar-refractivity contribution is 7.12. The third-order valence-electron chi connectivity index (χ3n) is 3.11. The Morgan fingerprint density at radius 3 is 2.59 bits per heavy atom. The van der Waals surface area contributed by atoms with E-state index in [1.54, 1.807) is 12.1 Å². The highest BCUT2D eigenvalue weighted by Gasteiger charge is 2.10. The van der Waals surface area contributed by atoms with Gasteiger partial charge in [-0.1, -0.05) is 26.0 Å². The number of anilines is 2. The topological polar surface area (TPSA) is 58.2 Å². The summed E-state index contributed by atoms with van der Waals surface area (Å²) < 4.78 is 0. The molecule has 2 N–H and O–H groups in total. The van der Waals surface area contributed by atoms with Crippen LogP contribution in [0.25, 0.3) is 0 Å². The number of thiophene rings is 1. The zero-order valence-corrected chi connectivity index (χ0v) is 13.8. The minimum Gasteiger partial charge on any atom is -0.326 e. The maximum absolute atomic E-state index is 12.1. The van der Waals surface area contributed by atoms with Gasteiger partial charge < -0.3 is 10.6 Å². The van der Waals surface area contributed by atoms with Crippen LogP contribution in [0.3, 0.4) is 0 Å². The molecule has 4 nitrogen and oxygen atoms in total. The lowest BCUT2D eigenvalue weighted by Crippen LogP contribution is -2.15. The Hall–Kier alpha value is -2.14. The normalized spacial score (nSPS) is 10.5. The second-order valence-electron chi connectivity index (χ2n) is 5.61. The van der Waals surface area contributed by atoms with Crippen LogP contribution in [0.2, 0.25) is 0 Å². The lowest BCUT2D eigenvalue weighted by molar-refractivity contribution is -0.116. The van der Waals surface area contributed by atoms with Crippen molar-refractivity contribution in [3.05, 3.63) is 46.2 Å². The summed E-state index contributed by atoms with van der Waals surface area (Å²) in [6.45, 7) is 5.93. The fourth-order valence-electron chi connectivity index (χ4n) is 2.01. The smallest absolute Gasteiger partial charge is 0.265 e. The van der Waals surface area contributed by atoms with Crippen molar-refractivity contribution in [1.29, 1.82) is 0 Å². The summed E-state index contributed by atoms with van der Waals surface area (Å²) in [5.41, 5.74) is 2.37. The number of carbonyl (C=O) groups excluding carboxylic acids is 2. The Morgan fingerprint density at radius 2 is 1.95 bits per heavy atom. The van der Waals surface area contributed by atoms with Gasteiger partial charge in [-0.25, -0.2) is 0 Å². The van der Waals surface area contributed by atoms with Crippen LogP contribution in [0.5, 0.6) is 0 Å². The van der Waals surface area contributed by atoms with E-state index in [1.807, 2.05) is 44.4 Å². The molecule has 0 saturated carbocycles. The Bertz CT molecular complexity index is 663. The Kier molecular flexibility index (Phi) is 5.33. The molecule has 0 fully saturated rings. The molecule has 0 saturated heterocycles. The van der Waals surface area contributed by atoms with Gasteiger partial charge >= 0.3 is 0 Å². The first kappa shape index (κ1) is 16.2. The number of nitrogens with one attached hydrogen (secondary N) is 2. The molecule has 1 heterocycles. The molecule has 0 bridgehead atoms. The molecule has 116 valence electrons. The molecular weight excluding hydrogens is 296 g/mol. The summed E-state index contributed by atoms with van der Waals surface area (Å²) in [5, 5.41) is 7.61. The molecule has 0 unspecified atom stereocenters. The molecule has 2 rings (SSSR count). The van der Waals surface area contributed by atoms with E-state index in [0.717, 1.165) is 11.3 Å². The van der Waals surface area contributed by atoms with Crippen molar-refractivity contribution >= 4 is 34.5 Å². The van der Waals surface area contributed by atoms with Crippen molar-refractivity contribution < 1.29 is 9.59 Å². The summed E-state index contributed by atoms with van der Waals surface area (Å²) in [6, 6.07) is 9.12. The van der Waals surface area contributed by atoms with E-state index < -0.39 is 0 Å². The van der Waals surface area contributed by atoms with Gasteiger partial charge in [0.25, 0.3) is 5.91 Å². The molecule has 0 atom stereocenters. The monoisotopic (exact) mass is 316 g/mol. The molecule has 1 aromatic carbocycles. The predicted octanol–water partition coefficient (Wildman–Crippen LogP) is 4.29. The van der Waals surface area contributed by atoms with Crippen LogP contribution < -0.4 is 10.6 Å². The van der Waals surface area contributed by atoms with Crippen molar-refractivity contribution in [3.8, 4) is 0 Å².